The number of methoxy groups -OCH3 is 1. The van der Waals surface area contributed by atoms with Crippen molar-refractivity contribution in [1.82, 2.24) is 24.8 Å². The first kappa shape index (κ1) is 26.8. The van der Waals surface area contributed by atoms with Crippen LogP contribution in [0.3, 0.4) is 0 Å². The van der Waals surface area contributed by atoms with Crippen LogP contribution in [0.2, 0.25) is 0 Å². The average molecular weight is 553 g/mol. The number of anilines is 1. The van der Waals surface area contributed by atoms with E-state index in [0.717, 1.165) is 79.0 Å². The Morgan fingerprint density at radius 1 is 1.03 bits per heavy atom. The molecule has 0 aliphatic carbocycles. The molecule has 3 aromatic rings. The first-order valence-electron chi connectivity index (χ1n) is 14.4. The number of fused-ring (bicyclic) bond motifs is 1. The number of thiophene rings is 1. The molecule has 3 saturated heterocycles. The standard InChI is InChI=1S/C29H40N6O3S/c1-36-29-24(33-37-2)16-21(17-30-29)25-27-26(32-28(31-25)20-8-14-38-15-9-20)22(19-39-27)18-34-12-6-23(7-13-34)35-10-4-3-5-11-35/h16-17,19-20,23,33H,3-15,18H2,1-2H3. The third-order valence-electron chi connectivity index (χ3n) is 8.48. The van der Waals surface area contributed by atoms with Crippen LogP contribution < -0.4 is 10.2 Å². The van der Waals surface area contributed by atoms with E-state index in [1.165, 1.54) is 50.8 Å². The summed E-state index contributed by atoms with van der Waals surface area (Å²) in [4.78, 5) is 25.4. The molecule has 0 saturated carbocycles. The Morgan fingerprint density at radius 2 is 1.82 bits per heavy atom. The zero-order valence-electron chi connectivity index (χ0n) is 23.2. The second kappa shape index (κ2) is 12.4. The lowest BCUT2D eigenvalue weighted by molar-refractivity contribution is 0.0836. The lowest BCUT2D eigenvalue weighted by atomic mass is 9.98. The number of nitrogens with one attached hydrogen (secondary N) is 1. The molecule has 210 valence electrons. The first-order chi connectivity index (χ1) is 19.2. The molecule has 3 aliphatic heterocycles. The number of hydrogen-bond acceptors (Lipinski definition) is 10. The van der Waals surface area contributed by atoms with Crippen LogP contribution in [0.4, 0.5) is 5.69 Å². The number of hydrogen-bond donors (Lipinski definition) is 1. The largest absolute Gasteiger partial charge is 0.479 e. The summed E-state index contributed by atoms with van der Waals surface area (Å²) in [5.74, 6) is 1.70. The predicted octanol–water partition coefficient (Wildman–Crippen LogP) is 5.08. The van der Waals surface area contributed by atoms with Gasteiger partial charge in [-0.25, -0.2) is 15.0 Å². The van der Waals surface area contributed by atoms with Crippen LogP contribution in [-0.2, 0) is 16.1 Å². The molecule has 10 heteroatoms. The molecule has 0 radical (unpaired) electrons. The van der Waals surface area contributed by atoms with Crippen molar-refractivity contribution >= 4 is 27.2 Å². The Balaban J connectivity index is 1.29. The summed E-state index contributed by atoms with van der Waals surface area (Å²) in [7, 11) is 3.19. The molecule has 6 heterocycles. The van der Waals surface area contributed by atoms with E-state index in [1.54, 1.807) is 25.6 Å². The average Bonchev–Trinajstić information content (AvgIpc) is 3.40. The van der Waals surface area contributed by atoms with E-state index in [1.807, 2.05) is 12.3 Å². The maximum Gasteiger partial charge on any atom is 0.239 e. The maximum absolute atomic E-state index is 5.64. The summed E-state index contributed by atoms with van der Waals surface area (Å²) in [6, 6.07) is 2.75. The molecule has 1 N–H and O–H groups in total. The maximum atomic E-state index is 5.64. The van der Waals surface area contributed by atoms with Crippen LogP contribution in [0.15, 0.2) is 17.6 Å². The van der Waals surface area contributed by atoms with Gasteiger partial charge in [0.05, 0.1) is 30.1 Å². The van der Waals surface area contributed by atoms with Crippen LogP contribution in [0, 0.1) is 0 Å². The van der Waals surface area contributed by atoms with E-state index >= 15 is 0 Å². The molecule has 0 bridgehead atoms. The minimum Gasteiger partial charge on any atom is -0.479 e. The second-order valence-electron chi connectivity index (χ2n) is 10.9. The molecule has 9 nitrogen and oxygen atoms in total. The van der Waals surface area contributed by atoms with Crippen molar-refractivity contribution in [3.05, 3.63) is 29.0 Å². The van der Waals surface area contributed by atoms with Gasteiger partial charge in [-0.05, 0) is 76.2 Å². The van der Waals surface area contributed by atoms with Gasteiger partial charge in [-0.3, -0.25) is 15.2 Å². The topological polar surface area (TPSA) is 84.9 Å². The first-order valence-corrected chi connectivity index (χ1v) is 15.3. The molecule has 0 aromatic carbocycles. The minimum atomic E-state index is 0.303. The zero-order valence-corrected chi connectivity index (χ0v) is 24.0. The van der Waals surface area contributed by atoms with E-state index in [2.05, 4.69) is 25.6 Å². The summed E-state index contributed by atoms with van der Waals surface area (Å²) in [5, 5.41) is 2.29. The third kappa shape index (κ3) is 5.90. The Kier molecular flexibility index (Phi) is 8.55. The summed E-state index contributed by atoms with van der Waals surface area (Å²) in [5.41, 5.74) is 7.81. The van der Waals surface area contributed by atoms with Crippen molar-refractivity contribution in [2.45, 2.75) is 63.5 Å². The quantitative estimate of drug-likeness (QED) is 0.385. The minimum absolute atomic E-state index is 0.303. The SMILES string of the molecule is CONc1cc(-c2nc(C3CCOCC3)nc3c(CN4CCC(N5CCCCC5)CC4)csc23)cnc1OC. The van der Waals surface area contributed by atoms with E-state index in [0.29, 0.717) is 17.5 Å². The molecule has 0 amide bonds. The van der Waals surface area contributed by atoms with Gasteiger partial charge in [-0.15, -0.1) is 11.3 Å². The number of rotatable bonds is 8. The fourth-order valence-electron chi connectivity index (χ4n) is 6.32. The smallest absolute Gasteiger partial charge is 0.239 e. The molecule has 0 unspecified atom stereocenters. The Labute approximate surface area is 234 Å². The van der Waals surface area contributed by atoms with Crippen LogP contribution in [-0.4, -0.2) is 84.4 Å². The van der Waals surface area contributed by atoms with Gasteiger partial charge in [0.25, 0.3) is 0 Å². The number of pyridine rings is 1. The van der Waals surface area contributed by atoms with E-state index < -0.39 is 0 Å². The summed E-state index contributed by atoms with van der Waals surface area (Å²) < 4.78 is 12.2. The van der Waals surface area contributed by atoms with Gasteiger partial charge >= 0.3 is 0 Å². The Hall–Kier alpha value is -2.37. The molecule has 3 fully saturated rings. The van der Waals surface area contributed by atoms with Gasteiger partial charge in [0.15, 0.2) is 0 Å². The molecule has 3 aromatic heterocycles. The highest BCUT2D eigenvalue weighted by molar-refractivity contribution is 7.17. The van der Waals surface area contributed by atoms with E-state index in [4.69, 9.17) is 24.3 Å². The van der Waals surface area contributed by atoms with Gasteiger partial charge in [0.1, 0.15) is 11.5 Å². The summed E-state index contributed by atoms with van der Waals surface area (Å²) in [6.07, 6.45) is 10.4. The normalized spacial score (nSPS) is 20.5. The van der Waals surface area contributed by atoms with Gasteiger partial charge in [-0.1, -0.05) is 6.42 Å². The van der Waals surface area contributed by atoms with Crippen molar-refractivity contribution in [3.8, 4) is 17.1 Å². The zero-order chi connectivity index (χ0) is 26.6. The Morgan fingerprint density at radius 3 is 2.56 bits per heavy atom. The highest BCUT2D eigenvalue weighted by Gasteiger charge is 2.27. The summed E-state index contributed by atoms with van der Waals surface area (Å²) in [6.45, 7) is 7.33. The van der Waals surface area contributed by atoms with Crippen molar-refractivity contribution in [2.24, 2.45) is 0 Å². The molecular formula is C29H40N6O3S. The van der Waals surface area contributed by atoms with Crippen LogP contribution in [0.25, 0.3) is 21.5 Å². The van der Waals surface area contributed by atoms with Crippen LogP contribution in [0.1, 0.15) is 62.3 Å². The predicted molar refractivity (Wildman–Crippen MR) is 154 cm³/mol. The monoisotopic (exact) mass is 552 g/mol. The number of likely N-dealkylation sites (tertiary alicyclic amines) is 2. The molecule has 0 spiro atoms. The van der Waals surface area contributed by atoms with Crippen molar-refractivity contribution in [3.63, 3.8) is 0 Å². The van der Waals surface area contributed by atoms with Gasteiger partial charge < -0.3 is 14.4 Å². The van der Waals surface area contributed by atoms with Crippen LogP contribution >= 0.6 is 11.3 Å². The second-order valence-corrected chi connectivity index (χ2v) is 11.8. The molecule has 6 rings (SSSR count). The fourth-order valence-corrected chi connectivity index (χ4v) is 7.33. The molecule has 39 heavy (non-hydrogen) atoms. The highest BCUT2D eigenvalue weighted by atomic mass is 32.1. The van der Waals surface area contributed by atoms with Gasteiger partial charge in [-0.2, -0.15) is 0 Å². The number of aromatic nitrogens is 3. The highest BCUT2D eigenvalue weighted by Crippen LogP contribution is 2.38. The third-order valence-corrected chi connectivity index (χ3v) is 9.51. The van der Waals surface area contributed by atoms with Crippen molar-refractivity contribution in [1.29, 1.82) is 0 Å². The molecular weight excluding hydrogens is 512 g/mol. The molecule has 3 aliphatic rings. The van der Waals surface area contributed by atoms with E-state index in [9.17, 15) is 0 Å². The number of piperidine rings is 2. The van der Waals surface area contributed by atoms with Gasteiger partial charge in [0, 0.05) is 49.0 Å². The lowest BCUT2D eigenvalue weighted by Crippen LogP contribution is -2.46. The molecule has 0 atom stereocenters. The van der Waals surface area contributed by atoms with Crippen LogP contribution in [0.5, 0.6) is 5.88 Å². The van der Waals surface area contributed by atoms with E-state index in [-0.39, 0.29) is 0 Å². The lowest BCUT2D eigenvalue weighted by Gasteiger charge is -2.40. The number of ether oxygens (including phenoxy) is 2. The summed E-state index contributed by atoms with van der Waals surface area (Å²) >= 11 is 1.74. The number of nitrogens with zero attached hydrogens (tertiary/aromatic N) is 5. The van der Waals surface area contributed by atoms with Crippen molar-refractivity contribution < 1.29 is 14.3 Å². The van der Waals surface area contributed by atoms with Gasteiger partial charge in [0.2, 0.25) is 5.88 Å². The Bertz CT molecular complexity index is 1250. The van der Waals surface area contributed by atoms with Crippen molar-refractivity contribution in [2.75, 3.05) is 59.1 Å². The fraction of sp³-hybridized carbons (Fsp3) is 0.621.